The molecule has 26 heavy (non-hydrogen) atoms. The molecule has 1 aromatic heterocycles. The summed E-state index contributed by atoms with van der Waals surface area (Å²) in [6.45, 7) is 2.96. The lowest BCUT2D eigenvalue weighted by atomic mass is 10.2. The maximum absolute atomic E-state index is 12.4. The van der Waals surface area contributed by atoms with Gasteiger partial charge in [0.05, 0.1) is 16.0 Å². The summed E-state index contributed by atoms with van der Waals surface area (Å²) in [6.07, 6.45) is 2.10. The van der Waals surface area contributed by atoms with Gasteiger partial charge in [-0.05, 0) is 36.4 Å². The van der Waals surface area contributed by atoms with Gasteiger partial charge in [-0.1, -0.05) is 47.7 Å². The minimum Gasteiger partial charge on any atom is -0.316 e. The Hall–Kier alpha value is -1.50. The Labute approximate surface area is 166 Å². The zero-order valence-electron chi connectivity index (χ0n) is 15.0. The molecule has 0 unspecified atom stereocenters. The lowest BCUT2D eigenvalue weighted by Gasteiger charge is -2.04. The van der Waals surface area contributed by atoms with Crippen molar-refractivity contribution in [1.82, 2.24) is 4.57 Å². The molecule has 3 aromatic rings. The zero-order valence-corrected chi connectivity index (χ0v) is 17.4. The van der Waals surface area contributed by atoms with Crippen molar-refractivity contribution in [2.75, 3.05) is 17.8 Å². The van der Waals surface area contributed by atoms with Crippen LogP contribution in [0.3, 0.4) is 0 Å². The number of amides is 1. The van der Waals surface area contributed by atoms with E-state index in [1.54, 1.807) is 34.9 Å². The van der Waals surface area contributed by atoms with Crippen molar-refractivity contribution in [2.24, 2.45) is 4.99 Å². The summed E-state index contributed by atoms with van der Waals surface area (Å²) in [7, 11) is 0. The molecule has 1 amide bonds. The van der Waals surface area contributed by atoms with Crippen LogP contribution in [-0.2, 0) is 17.1 Å². The van der Waals surface area contributed by atoms with Gasteiger partial charge in [0.2, 0.25) is 0 Å². The Balaban J connectivity index is 1.77. The Morgan fingerprint density at radius 1 is 1.19 bits per heavy atom. The first-order valence-corrected chi connectivity index (χ1v) is 11.8. The van der Waals surface area contributed by atoms with Gasteiger partial charge in [0, 0.05) is 18.1 Å². The minimum absolute atomic E-state index is 0.0629. The van der Waals surface area contributed by atoms with E-state index < -0.39 is 0 Å². The molecule has 0 spiro atoms. The molecular weight excluding hydrogens is 380 g/mol. The number of fused-ring (bicyclic) bond motifs is 1. The van der Waals surface area contributed by atoms with Crippen molar-refractivity contribution in [3.05, 3.63) is 64.5 Å². The van der Waals surface area contributed by atoms with Crippen LogP contribution < -0.4 is 4.80 Å². The quantitative estimate of drug-likeness (QED) is 0.573. The van der Waals surface area contributed by atoms with Crippen molar-refractivity contribution >= 4 is 51.0 Å². The van der Waals surface area contributed by atoms with Crippen molar-refractivity contribution < 1.29 is 4.79 Å². The second-order valence-corrected chi connectivity index (χ2v) is 8.96. The molecule has 0 radical (unpaired) electrons. The molecule has 3 nitrogen and oxygen atoms in total. The largest absolute Gasteiger partial charge is 0.316 e. The molecule has 1 heterocycles. The van der Waals surface area contributed by atoms with E-state index in [0.717, 1.165) is 28.4 Å². The maximum atomic E-state index is 12.4. The van der Waals surface area contributed by atoms with Gasteiger partial charge in [0.25, 0.3) is 5.91 Å². The SMILES string of the molecule is CSCCn1c(=NC(=O)CSCc2ccccc2)sc2cc(C)ccc21. The number of rotatable bonds is 7. The number of aromatic nitrogens is 1. The molecule has 0 saturated heterocycles. The number of carbonyl (C=O) groups excluding carboxylic acids is 1. The Morgan fingerprint density at radius 3 is 2.77 bits per heavy atom. The van der Waals surface area contributed by atoms with Crippen LogP contribution in [0.15, 0.2) is 53.5 Å². The van der Waals surface area contributed by atoms with Crippen molar-refractivity contribution in [3.63, 3.8) is 0 Å². The van der Waals surface area contributed by atoms with Gasteiger partial charge < -0.3 is 4.57 Å². The average molecular weight is 403 g/mol. The van der Waals surface area contributed by atoms with Crippen molar-refractivity contribution in [3.8, 4) is 0 Å². The molecule has 0 aliphatic rings. The predicted octanol–water partition coefficient (Wildman–Crippen LogP) is 4.73. The van der Waals surface area contributed by atoms with Crippen LogP contribution in [0.5, 0.6) is 0 Å². The van der Waals surface area contributed by atoms with Crippen molar-refractivity contribution in [2.45, 2.75) is 19.2 Å². The van der Waals surface area contributed by atoms with Gasteiger partial charge in [-0.2, -0.15) is 16.8 Å². The van der Waals surface area contributed by atoms with E-state index in [2.05, 4.69) is 53.1 Å². The van der Waals surface area contributed by atoms with E-state index in [-0.39, 0.29) is 5.91 Å². The topological polar surface area (TPSA) is 34.4 Å². The summed E-state index contributed by atoms with van der Waals surface area (Å²) in [5.41, 5.74) is 3.63. The number of carbonyl (C=O) groups is 1. The third-order valence-corrected chi connectivity index (χ3v) is 6.54. The zero-order chi connectivity index (χ0) is 18.4. The van der Waals surface area contributed by atoms with E-state index in [0.29, 0.717) is 5.75 Å². The van der Waals surface area contributed by atoms with Gasteiger partial charge in [-0.25, -0.2) is 0 Å². The van der Waals surface area contributed by atoms with E-state index in [1.807, 2.05) is 18.2 Å². The molecule has 136 valence electrons. The fourth-order valence-electron chi connectivity index (χ4n) is 2.63. The summed E-state index contributed by atoms with van der Waals surface area (Å²) in [6, 6.07) is 16.6. The average Bonchev–Trinajstić information content (AvgIpc) is 2.96. The smallest absolute Gasteiger partial charge is 0.258 e. The molecule has 2 aromatic carbocycles. The molecule has 3 rings (SSSR count). The molecule has 6 heteroatoms. The highest BCUT2D eigenvalue weighted by molar-refractivity contribution is 7.99. The number of aryl methyl sites for hydroxylation is 2. The standard InChI is InChI=1S/C20H22N2OS3/c1-15-8-9-17-18(12-15)26-20(22(17)10-11-24-2)21-19(23)14-25-13-16-6-4-3-5-7-16/h3-9,12H,10-11,13-14H2,1-2H3. The highest BCUT2D eigenvalue weighted by atomic mass is 32.2. The van der Waals surface area contributed by atoms with Gasteiger partial charge in [0.1, 0.15) is 0 Å². The lowest BCUT2D eigenvalue weighted by molar-refractivity contribution is -0.115. The van der Waals surface area contributed by atoms with E-state index in [4.69, 9.17) is 0 Å². The molecule has 0 atom stereocenters. The summed E-state index contributed by atoms with van der Waals surface area (Å²) in [4.78, 5) is 17.6. The number of hydrogen-bond donors (Lipinski definition) is 0. The first-order valence-electron chi connectivity index (χ1n) is 8.45. The van der Waals surface area contributed by atoms with Crippen LogP contribution in [0.2, 0.25) is 0 Å². The van der Waals surface area contributed by atoms with Crippen LogP contribution in [0.1, 0.15) is 11.1 Å². The number of hydrogen-bond acceptors (Lipinski definition) is 4. The summed E-state index contributed by atoms with van der Waals surface area (Å²) in [5.74, 6) is 2.18. The normalized spacial score (nSPS) is 12.0. The molecule has 0 aliphatic heterocycles. The van der Waals surface area contributed by atoms with Crippen LogP contribution in [0.25, 0.3) is 10.2 Å². The first-order chi connectivity index (χ1) is 12.7. The third kappa shape index (κ3) is 5.02. The fraction of sp³-hybridized carbons (Fsp3) is 0.300. The van der Waals surface area contributed by atoms with E-state index in [9.17, 15) is 4.79 Å². The second-order valence-electron chi connectivity index (χ2n) is 5.98. The summed E-state index contributed by atoms with van der Waals surface area (Å²) in [5, 5.41) is 0. The van der Waals surface area contributed by atoms with Crippen molar-refractivity contribution in [1.29, 1.82) is 0 Å². The second kappa shape index (κ2) is 9.44. The van der Waals surface area contributed by atoms with E-state index in [1.165, 1.54) is 15.8 Å². The molecule has 0 fully saturated rings. The van der Waals surface area contributed by atoms with Crippen LogP contribution in [-0.4, -0.2) is 28.2 Å². The van der Waals surface area contributed by atoms with Crippen LogP contribution >= 0.6 is 34.9 Å². The molecular formula is C20H22N2OS3. The summed E-state index contributed by atoms with van der Waals surface area (Å²) >= 11 is 5.02. The van der Waals surface area contributed by atoms with Crippen LogP contribution in [0.4, 0.5) is 0 Å². The number of thioether (sulfide) groups is 2. The summed E-state index contributed by atoms with van der Waals surface area (Å²) < 4.78 is 3.37. The first kappa shape index (κ1) is 19.3. The minimum atomic E-state index is -0.0629. The Morgan fingerprint density at radius 2 is 2.00 bits per heavy atom. The van der Waals surface area contributed by atoms with E-state index >= 15 is 0 Å². The monoisotopic (exact) mass is 402 g/mol. The Kier molecular flexibility index (Phi) is 7.00. The fourth-order valence-corrected chi connectivity index (χ4v) is 4.94. The lowest BCUT2D eigenvalue weighted by Crippen LogP contribution is -2.18. The number of thiazole rings is 1. The van der Waals surface area contributed by atoms with Gasteiger partial charge in [-0.3, -0.25) is 4.79 Å². The van der Waals surface area contributed by atoms with Gasteiger partial charge in [-0.15, -0.1) is 11.8 Å². The molecule has 0 aliphatic carbocycles. The van der Waals surface area contributed by atoms with Gasteiger partial charge in [0.15, 0.2) is 4.80 Å². The maximum Gasteiger partial charge on any atom is 0.258 e. The van der Waals surface area contributed by atoms with Crippen LogP contribution in [0, 0.1) is 6.92 Å². The third-order valence-electron chi connectivity index (χ3n) is 3.91. The molecule has 0 N–H and O–H groups in total. The highest BCUT2D eigenvalue weighted by Crippen LogP contribution is 2.19. The number of nitrogens with zero attached hydrogens (tertiary/aromatic N) is 2. The highest BCUT2D eigenvalue weighted by Gasteiger charge is 2.08. The Bertz CT molecular complexity index is 945. The number of benzene rings is 2. The predicted molar refractivity (Wildman–Crippen MR) is 116 cm³/mol. The molecule has 0 bridgehead atoms. The van der Waals surface area contributed by atoms with Gasteiger partial charge >= 0.3 is 0 Å². The molecule has 0 saturated carbocycles.